The van der Waals surface area contributed by atoms with Crippen molar-refractivity contribution < 1.29 is 9.53 Å². The fourth-order valence-corrected chi connectivity index (χ4v) is 2.27. The summed E-state index contributed by atoms with van der Waals surface area (Å²) >= 11 is 0. The van der Waals surface area contributed by atoms with Gasteiger partial charge in [0.05, 0.1) is 5.69 Å². The Balaban J connectivity index is 2.26. The molecule has 0 aliphatic carbocycles. The predicted octanol–water partition coefficient (Wildman–Crippen LogP) is 1.39. The fourth-order valence-electron chi connectivity index (χ4n) is 2.27. The van der Waals surface area contributed by atoms with Crippen molar-refractivity contribution in [2.75, 3.05) is 18.5 Å². The van der Waals surface area contributed by atoms with Gasteiger partial charge in [-0.25, -0.2) is 0 Å². The monoisotopic (exact) mass is 263 g/mol. The molecule has 0 aromatic heterocycles. The highest BCUT2D eigenvalue weighted by Crippen LogP contribution is 2.37. The number of hydrogen-bond acceptors (Lipinski definition) is 4. The smallest absolute Gasteiger partial charge is 0.262 e. The maximum atomic E-state index is 11.3. The first-order chi connectivity index (χ1) is 8.94. The molecule has 104 valence electrons. The molecule has 0 saturated carbocycles. The molecule has 1 heterocycles. The zero-order chi connectivity index (χ0) is 14.0. The third kappa shape index (κ3) is 2.88. The van der Waals surface area contributed by atoms with Crippen molar-refractivity contribution in [3.63, 3.8) is 0 Å². The highest BCUT2D eigenvalue weighted by molar-refractivity contribution is 5.95. The summed E-state index contributed by atoms with van der Waals surface area (Å²) in [4.78, 5) is 11.3. The minimum absolute atomic E-state index is 0.0665. The van der Waals surface area contributed by atoms with Crippen LogP contribution in [0.25, 0.3) is 0 Å². The van der Waals surface area contributed by atoms with Crippen LogP contribution >= 0.6 is 0 Å². The molecule has 2 rings (SSSR count). The van der Waals surface area contributed by atoms with Gasteiger partial charge < -0.3 is 21.5 Å². The molecule has 1 aromatic carbocycles. The number of carbonyl (C=O) groups is 1. The van der Waals surface area contributed by atoms with E-state index < -0.39 is 0 Å². The van der Waals surface area contributed by atoms with Crippen LogP contribution < -0.4 is 21.5 Å². The van der Waals surface area contributed by atoms with E-state index in [0.29, 0.717) is 18.0 Å². The average Bonchev–Trinajstić information content (AvgIpc) is 2.36. The molecular formula is C14H21N3O2. The summed E-state index contributed by atoms with van der Waals surface area (Å²) in [5.41, 5.74) is 13.5. The van der Waals surface area contributed by atoms with Crippen LogP contribution in [-0.4, -0.2) is 19.1 Å². The van der Waals surface area contributed by atoms with Gasteiger partial charge in [-0.1, -0.05) is 19.9 Å². The number of ether oxygens (including phenoxy) is 1. The van der Waals surface area contributed by atoms with Crippen molar-refractivity contribution in [2.45, 2.75) is 26.3 Å². The Bertz CT molecular complexity index is 486. The molecule has 1 unspecified atom stereocenters. The molecule has 1 aromatic rings. The lowest BCUT2D eigenvalue weighted by atomic mass is 9.78. The van der Waals surface area contributed by atoms with Gasteiger partial charge in [0.15, 0.2) is 6.61 Å². The molecule has 0 spiro atoms. The molecule has 5 N–H and O–H groups in total. The number of anilines is 1. The Labute approximate surface area is 113 Å². The van der Waals surface area contributed by atoms with E-state index in [1.807, 2.05) is 18.2 Å². The lowest BCUT2D eigenvalue weighted by Gasteiger charge is -2.32. The van der Waals surface area contributed by atoms with Gasteiger partial charge in [-0.3, -0.25) is 4.79 Å². The Morgan fingerprint density at radius 3 is 2.89 bits per heavy atom. The Kier molecular flexibility index (Phi) is 3.78. The maximum Gasteiger partial charge on any atom is 0.262 e. The van der Waals surface area contributed by atoms with Crippen LogP contribution in [0.5, 0.6) is 5.75 Å². The molecule has 1 amide bonds. The molecule has 0 radical (unpaired) electrons. The number of amides is 1. The van der Waals surface area contributed by atoms with Gasteiger partial charge in [-0.2, -0.15) is 0 Å². The average molecular weight is 263 g/mol. The van der Waals surface area contributed by atoms with E-state index in [-0.39, 0.29) is 24.0 Å². The van der Waals surface area contributed by atoms with E-state index in [0.717, 1.165) is 12.0 Å². The lowest BCUT2D eigenvalue weighted by Crippen LogP contribution is -2.32. The second-order valence-electron chi connectivity index (χ2n) is 5.60. The van der Waals surface area contributed by atoms with E-state index in [2.05, 4.69) is 19.2 Å². The first kappa shape index (κ1) is 13.8. The molecule has 5 heteroatoms. The van der Waals surface area contributed by atoms with Crippen molar-refractivity contribution in [3.8, 4) is 5.75 Å². The SMILES string of the molecule is CC(C)(CCN)C(N)c1ccc2c(c1)NC(=O)CO2. The second kappa shape index (κ2) is 5.19. The zero-order valence-corrected chi connectivity index (χ0v) is 11.4. The molecular weight excluding hydrogens is 242 g/mol. The molecule has 1 aliphatic rings. The van der Waals surface area contributed by atoms with E-state index in [9.17, 15) is 4.79 Å². The summed E-state index contributed by atoms with van der Waals surface area (Å²) in [6.07, 6.45) is 0.841. The van der Waals surface area contributed by atoms with Gasteiger partial charge in [0.1, 0.15) is 5.75 Å². The number of nitrogens with two attached hydrogens (primary N) is 2. The minimum Gasteiger partial charge on any atom is -0.482 e. The lowest BCUT2D eigenvalue weighted by molar-refractivity contribution is -0.118. The van der Waals surface area contributed by atoms with E-state index in [1.165, 1.54) is 0 Å². The first-order valence-electron chi connectivity index (χ1n) is 6.46. The van der Waals surface area contributed by atoms with Crippen LogP contribution in [0.4, 0.5) is 5.69 Å². The summed E-state index contributed by atoms with van der Waals surface area (Å²) in [5.74, 6) is 0.548. The molecule has 5 nitrogen and oxygen atoms in total. The molecule has 1 aliphatic heterocycles. The van der Waals surface area contributed by atoms with Crippen LogP contribution in [0.2, 0.25) is 0 Å². The maximum absolute atomic E-state index is 11.3. The number of benzene rings is 1. The second-order valence-corrected chi connectivity index (χ2v) is 5.60. The van der Waals surface area contributed by atoms with Crippen molar-refractivity contribution in [3.05, 3.63) is 23.8 Å². The number of hydrogen-bond donors (Lipinski definition) is 3. The molecule has 19 heavy (non-hydrogen) atoms. The zero-order valence-electron chi connectivity index (χ0n) is 11.4. The van der Waals surface area contributed by atoms with E-state index >= 15 is 0 Å². The quantitative estimate of drug-likeness (QED) is 0.765. The van der Waals surface area contributed by atoms with Crippen molar-refractivity contribution >= 4 is 11.6 Å². The standard InChI is InChI=1S/C14H21N3O2/c1-14(2,5-6-15)13(16)9-3-4-11-10(7-9)17-12(18)8-19-11/h3-4,7,13H,5-6,8,15-16H2,1-2H3,(H,17,18). The highest BCUT2D eigenvalue weighted by Gasteiger charge is 2.28. The van der Waals surface area contributed by atoms with E-state index in [4.69, 9.17) is 16.2 Å². The summed E-state index contributed by atoms with van der Waals surface area (Å²) in [6, 6.07) is 5.54. The number of nitrogens with one attached hydrogen (secondary N) is 1. The van der Waals surface area contributed by atoms with Gasteiger partial charge in [-0.15, -0.1) is 0 Å². The van der Waals surface area contributed by atoms with Crippen molar-refractivity contribution in [1.82, 2.24) is 0 Å². The van der Waals surface area contributed by atoms with Crippen LogP contribution in [0.15, 0.2) is 18.2 Å². The van der Waals surface area contributed by atoms with Gasteiger partial charge in [-0.05, 0) is 36.1 Å². The molecule has 0 saturated heterocycles. The molecule has 0 fully saturated rings. The summed E-state index contributed by atoms with van der Waals surface area (Å²) in [5, 5.41) is 2.79. The normalized spacial score (nSPS) is 16.3. The number of carbonyl (C=O) groups excluding carboxylic acids is 1. The summed E-state index contributed by atoms with van der Waals surface area (Å²) in [6.45, 7) is 4.86. The predicted molar refractivity (Wildman–Crippen MR) is 74.9 cm³/mol. The van der Waals surface area contributed by atoms with Crippen LogP contribution in [0.3, 0.4) is 0 Å². The Morgan fingerprint density at radius 2 is 2.21 bits per heavy atom. The van der Waals surface area contributed by atoms with Gasteiger partial charge in [0, 0.05) is 6.04 Å². The highest BCUT2D eigenvalue weighted by atomic mass is 16.5. The topological polar surface area (TPSA) is 90.4 Å². The van der Waals surface area contributed by atoms with Gasteiger partial charge in [0.2, 0.25) is 0 Å². The van der Waals surface area contributed by atoms with Crippen LogP contribution in [0.1, 0.15) is 31.9 Å². The number of rotatable bonds is 4. The summed E-state index contributed by atoms with van der Waals surface area (Å²) < 4.78 is 5.33. The Hall–Kier alpha value is -1.59. The Morgan fingerprint density at radius 1 is 1.47 bits per heavy atom. The minimum atomic E-state index is -0.139. The number of fused-ring (bicyclic) bond motifs is 1. The van der Waals surface area contributed by atoms with Crippen LogP contribution in [-0.2, 0) is 4.79 Å². The molecule has 1 atom stereocenters. The molecule has 0 bridgehead atoms. The summed E-state index contributed by atoms with van der Waals surface area (Å²) in [7, 11) is 0. The van der Waals surface area contributed by atoms with Gasteiger partial charge in [0.25, 0.3) is 5.91 Å². The van der Waals surface area contributed by atoms with Crippen molar-refractivity contribution in [1.29, 1.82) is 0 Å². The fraction of sp³-hybridized carbons (Fsp3) is 0.500. The van der Waals surface area contributed by atoms with Crippen LogP contribution in [0, 0.1) is 5.41 Å². The van der Waals surface area contributed by atoms with Gasteiger partial charge >= 0.3 is 0 Å². The van der Waals surface area contributed by atoms with Crippen molar-refractivity contribution in [2.24, 2.45) is 16.9 Å². The third-order valence-corrected chi connectivity index (χ3v) is 3.63. The largest absolute Gasteiger partial charge is 0.482 e. The van der Waals surface area contributed by atoms with E-state index in [1.54, 1.807) is 0 Å². The first-order valence-corrected chi connectivity index (χ1v) is 6.46. The third-order valence-electron chi connectivity index (χ3n) is 3.63.